The molecule has 0 unspecified atom stereocenters. The minimum absolute atomic E-state index is 0.00950. The summed E-state index contributed by atoms with van der Waals surface area (Å²) in [6.45, 7) is 4.26. The third-order valence-corrected chi connectivity index (χ3v) is 6.10. The van der Waals surface area contributed by atoms with E-state index in [-0.39, 0.29) is 17.6 Å². The fourth-order valence-electron chi connectivity index (χ4n) is 3.50. The lowest BCUT2D eigenvalue weighted by atomic mass is 10.0. The monoisotopic (exact) mass is 390 g/mol. The van der Waals surface area contributed by atoms with Crippen molar-refractivity contribution in [3.63, 3.8) is 0 Å². The van der Waals surface area contributed by atoms with Crippen LogP contribution in [0.15, 0.2) is 70.8 Å². The summed E-state index contributed by atoms with van der Waals surface area (Å²) in [6.07, 6.45) is 1.03. The predicted molar refractivity (Wildman–Crippen MR) is 115 cm³/mol. The Morgan fingerprint density at radius 2 is 1.86 bits per heavy atom. The highest BCUT2D eigenvalue weighted by Crippen LogP contribution is 2.24. The normalized spacial score (nSPS) is 13.5. The molecule has 2 aromatic heterocycles. The van der Waals surface area contributed by atoms with Crippen molar-refractivity contribution in [3.05, 3.63) is 98.2 Å². The van der Waals surface area contributed by atoms with E-state index in [0.29, 0.717) is 11.2 Å². The number of hydrogen-bond donors (Lipinski definition) is 2. The van der Waals surface area contributed by atoms with Gasteiger partial charge in [-0.05, 0) is 42.5 Å². The number of thiophene rings is 1. The minimum atomic E-state index is -0.0826. The minimum Gasteiger partial charge on any atom is -0.327 e. The Labute approximate surface area is 168 Å². The van der Waals surface area contributed by atoms with Crippen LogP contribution >= 0.6 is 11.3 Å². The van der Waals surface area contributed by atoms with Crippen LogP contribution in [0.5, 0.6) is 0 Å². The third kappa shape index (κ3) is 3.77. The van der Waals surface area contributed by atoms with Gasteiger partial charge in [0.05, 0.1) is 15.8 Å². The van der Waals surface area contributed by atoms with Gasteiger partial charge in [0.2, 0.25) is 0 Å². The summed E-state index contributed by atoms with van der Waals surface area (Å²) in [4.78, 5) is 21.4. The lowest BCUT2D eigenvalue weighted by molar-refractivity contribution is -0.723. The van der Waals surface area contributed by atoms with Gasteiger partial charge in [0.15, 0.2) is 5.82 Å². The number of aromatic amines is 1. The van der Waals surface area contributed by atoms with Gasteiger partial charge in [-0.2, -0.15) is 0 Å². The molecule has 2 atom stereocenters. The van der Waals surface area contributed by atoms with Crippen LogP contribution in [0.25, 0.3) is 10.9 Å². The number of hydrogen-bond acceptors (Lipinski definition) is 3. The topological polar surface area (TPSA) is 62.4 Å². The molecule has 2 aromatic carbocycles. The standard InChI is InChI=1S/C23H23N3OS/c1-3-16-10-12-17(13-11-16)21(20-9-6-14-28-20)24-15(2)22-25-19-8-5-4-7-18(19)23(27)26-22/h4-15,21,24H,3H2,1-2H3,(H,25,26,27)/p+1/t15-,21+/m0/s1. The molecule has 0 aliphatic heterocycles. The summed E-state index contributed by atoms with van der Waals surface area (Å²) in [6, 6.07) is 20.7. The van der Waals surface area contributed by atoms with Crippen molar-refractivity contribution in [3.8, 4) is 0 Å². The Bertz CT molecular complexity index is 1120. The number of aryl methyl sites for hydroxylation is 1. The van der Waals surface area contributed by atoms with Crippen molar-refractivity contribution in [1.82, 2.24) is 9.97 Å². The first-order valence-electron chi connectivity index (χ1n) is 9.62. The number of para-hydroxylation sites is 1. The molecule has 4 rings (SSSR count). The zero-order valence-electron chi connectivity index (χ0n) is 16.1. The summed E-state index contributed by atoms with van der Waals surface area (Å²) >= 11 is 1.76. The number of nitrogens with two attached hydrogens (primary N) is 1. The van der Waals surface area contributed by atoms with Crippen molar-refractivity contribution in [2.24, 2.45) is 0 Å². The largest absolute Gasteiger partial charge is 0.327 e. The molecule has 0 aliphatic carbocycles. The van der Waals surface area contributed by atoms with Gasteiger partial charge < -0.3 is 10.3 Å². The highest BCUT2D eigenvalue weighted by atomic mass is 32.1. The van der Waals surface area contributed by atoms with Gasteiger partial charge in [-0.3, -0.25) is 4.79 Å². The Hall–Kier alpha value is -2.76. The van der Waals surface area contributed by atoms with Crippen LogP contribution in [-0.2, 0) is 6.42 Å². The van der Waals surface area contributed by atoms with E-state index in [1.54, 1.807) is 11.3 Å². The number of rotatable bonds is 6. The van der Waals surface area contributed by atoms with E-state index in [4.69, 9.17) is 4.98 Å². The molecule has 0 bridgehead atoms. The Morgan fingerprint density at radius 1 is 1.07 bits per heavy atom. The van der Waals surface area contributed by atoms with Gasteiger partial charge in [0, 0.05) is 5.56 Å². The van der Waals surface area contributed by atoms with Crippen LogP contribution in [0, 0.1) is 0 Å². The molecule has 0 fully saturated rings. The molecule has 0 saturated heterocycles. The molecule has 28 heavy (non-hydrogen) atoms. The highest BCUT2D eigenvalue weighted by Gasteiger charge is 2.24. The summed E-state index contributed by atoms with van der Waals surface area (Å²) in [5.41, 5.74) is 3.25. The van der Waals surface area contributed by atoms with E-state index in [0.717, 1.165) is 11.9 Å². The maximum atomic E-state index is 12.5. The van der Waals surface area contributed by atoms with Crippen molar-refractivity contribution in [2.75, 3.05) is 0 Å². The van der Waals surface area contributed by atoms with E-state index in [1.807, 2.05) is 24.3 Å². The zero-order chi connectivity index (χ0) is 19.5. The van der Waals surface area contributed by atoms with Crippen LogP contribution in [0.1, 0.15) is 47.8 Å². The maximum Gasteiger partial charge on any atom is 0.258 e. The maximum absolute atomic E-state index is 12.5. The summed E-state index contributed by atoms with van der Waals surface area (Å²) in [5.74, 6) is 0.704. The first-order chi connectivity index (χ1) is 13.7. The second-order valence-electron chi connectivity index (χ2n) is 7.04. The molecule has 0 spiro atoms. The average molecular weight is 391 g/mol. The first kappa shape index (κ1) is 18.6. The lowest BCUT2D eigenvalue weighted by Gasteiger charge is -2.19. The van der Waals surface area contributed by atoms with Gasteiger partial charge in [-0.15, -0.1) is 11.3 Å². The number of benzene rings is 2. The van der Waals surface area contributed by atoms with Gasteiger partial charge in [-0.1, -0.05) is 49.4 Å². The van der Waals surface area contributed by atoms with E-state index in [9.17, 15) is 4.79 Å². The van der Waals surface area contributed by atoms with Gasteiger partial charge in [0.25, 0.3) is 5.56 Å². The quantitative estimate of drug-likeness (QED) is 0.523. The van der Waals surface area contributed by atoms with Crippen LogP contribution in [0.4, 0.5) is 0 Å². The number of fused-ring (bicyclic) bond motifs is 1. The van der Waals surface area contributed by atoms with E-state index in [2.05, 4.69) is 65.9 Å². The predicted octanol–water partition coefficient (Wildman–Crippen LogP) is 3.96. The fraction of sp³-hybridized carbons (Fsp3) is 0.217. The lowest BCUT2D eigenvalue weighted by Crippen LogP contribution is -2.86. The molecule has 3 N–H and O–H groups in total. The molecule has 5 heteroatoms. The van der Waals surface area contributed by atoms with E-state index in [1.165, 1.54) is 16.0 Å². The van der Waals surface area contributed by atoms with Crippen molar-refractivity contribution in [1.29, 1.82) is 0 Å². The fourth-order valence-corrected chi connectivity index (χ4v) is 4.33. The molecule has 0 saturated carbocycles. The molecule has 0 aliphatic rings. The van der Waals surface area contributed by atoms with Crippen molar-refractivity contribution >= 4 is 22.2 Å². The Morgan fingerprint density at radius 3 is 2.57 bits per heavy atom. The Kier molecular flexibility index (Phi) is 5.37. The molecule has 0 radical (unpaired) electrons. The number of H-pyrrole nitrogens is 1. The second-order valence-corrected chi connectivity index (χ2v) is 8.02. The van der Waals surface area contributed by atoms with E-state index < -0.39 is 0 Å². The summed E-state index contributed by atoms with van der Waals surface area (Å²) in [7, 11) is 0. The third-order valence-electron chi connectivity index (χ3n) is 5.14. The van der Waals surface area contributed by atoms with Gasteiger partial charge in [0.1, 0.15) is 12.1 Å². The highest BCUT2D eigenvalue weighted by molar-refractivity contribution is 7.10. The smallest absolute Gasteiger partial charge is 0.258 e. The zero-order valence-corrected chi connectivity index (χ0v) is 16.9. The molecule has 142 valence electrons. The number of quaternary nitrogens is 1. The molecule has 0 amide bonds. The van der Waals surface area contributed by atoms with Crippen LogP contribution in [0.2, 0.25) is 0 Å². The van der Waals surface area contributed by atoms with Gasteiger partial charge in [-0.25, -0.2) is 4.98 Å². The number of aromatic nitrogens is 2. The van der Waals surface area contributed by atoms with Crippen LogP contribution in [-0.4, -0.2) is 9.97 Å². The molecular formula is C23H24N3OS+. The van der Waals surface area contributed by atoms with Gasteiger partial charge >= 0.3 is 0 Å². The summed E-state index contributed by atoms with van der Waals surface area (Å²) in [5, 5.41) is 5.01. The molecule has 4 aromatic rings. The summed E-state index contributed by atoms with van der Waals surface area (Å²) < 4.78 is 0. The van der Waals surface area contributed by atoms with Crippen LogP contribution < -0.4 is 10.9 Å². The number of nitrogens with zero attached hydrogens (tertiary/aromatic N) is 1. The molecular weight excluding hydrogens is 366 g/mol. The number of nitrogens with one attached hydrogen (secondary N) is 1. The van der Waals surface area contributed by atoms with Crippen molar-refractivity contribution in [2.45, 2.75) is 32.4 Å². The molecule has 2 heterocycles. The second kappa shape index (κ2) is 8.09. The SMILES string of the molecule is CCc1ccc([C@@H]([NH2+][C@@H](C)c2nc3ccccc3c(=O)[nH]2)c2cccs2)cc1. The molecule has 4 nitrogen and oxygen atoms in total. The first-order valence-corrected chi connectivity index (χ1v) is 10.5. The van der Waals surface area contributed by atoms with Crippen molar-refractivity contribution < 1.29 is 5.32 Å². The van der Waals surface area contributed by atoms with Crippen LogP contribution in [0.3, 0.4) is 0 Å². The van der Waals surface area contributed by atoms with E-state index >= 15 is 0 Å². The Balaban J connectivity index is 1.67. The average Bonchev–Trinajstić information content (AvgIpc) is 3.26.